The average Bonchev–Trinajstić information content (AvgIpc) is 3.66. The zero-order valence-electron chi connectivity index (χ0n) is 23.1. The Morgan fingerprint density at radius 1 is 1.05 bits per heavy atom. The van der Waals surface area contributed by atoms with E-state index in [1.807, 2.05) is 13.1 Å². The standard InChI is InChI=1S/C26H28FN9O4S/c1-6-34-15-17(13-30-34)20-14-29-19-7-8-23(32-26(19)31-20)35(21-11-18(39-4)12-22(40-5)25(21)27)16-24-28-9-10-36(24)41(37,38)33(2)3/h7-15H,6,16H2,1-5H3. The molecule has 0 aliphatic carbocycles. The number of benzene rings is 1. The van der Waals surface area contributed by atoms with Gasteiger partial charge >= 0.3 is 10.2 Å². The second-order valence-corrected chi connectivity index (χ2v) is 11.0. The summed E-state index contributed by atoms with van der Waals surface area (Å²) >= 11 is 0. The summed E-state index contributed by atoms with van der Waals surface area (Å²) in [7, 11) is 1.70. The normalized spacial score (nSPS) is 11.8. The molecule has 0 bridgehead atoms. The third-order valence-corrected chi connectivity index (χ3v) is 8.10. The van der Waals surface area contributed by atoms with Gasteiger partial charge in [-0.25, -0.2) is 23.3 Å². The van der Waals surface area contributed by atoms with Crippen molar-refractivity contribution in [2.45, 2.75) is 20.0 Å². The number of aromatic nitrogens is 7. The molecule has 0 aliphatic rings. The van der Waals surface area contributed by atoms with Crippen LogP contribution in [0.2, 0.25) is 0 Å². The van der Waals surface area contributed by atoms with Crippen LogP contribution < -0.4 is 14.4 Å². The van der Waals surface area contributed by atoms with E-state index in [0.29, 0.717) is 29.2 Å². The van der Waals surface area contributed by atoms with Crippen LogP contribution in [-0.4, -0.2) is 74.7 Å². The molecule has 13 nitrogen and oxygen atoms in total. The number of anilines is 2. The molecule has 214 valence electrons. The van der Waals surface area contributed by atoms with E-state index in [-0.39, 0.29) is 29.6 Å². The third-order valence-electron chi connectivity index (χ3n) is 6.35. The van der Waals surface area contributed by atoms with Gasteiger partial charge in [0.1, 0.15) is 22.9 Å². The second-order valence-electron chi connectivity index (χ2n) is 9.03. The van der Waals surface area contributed by atoms with Gasteiger partial charge < -0.3 is 14.4 Å². The Kier molecular flexibility index (Phi) is 7.55. The quantitative estimate of drug-likeness (QED) is 0.242. The van der Waals surface area contributed by atoms with Crippen molar-refractivity contribution in [2.75, 3.05) is 33.2 Å². The Balaban J connectivity index is 1.67. The summed E-state index contributed by atoms with van der Waals surface area (Å²) in [6, 6.07) is 6.23. The predicted octanol–water partition coefficient (Wildman–Crippen LogP) is 3.25. The van der Waals surface area contributed by atoms with Crippen LogP contribution in [0.25, 0.3) is 22.4 Å². The first-order valence-corrected chi connectivity index (χ1v) is 13.9. The van der Waals surface area contributed by atoms with Crippen LogP contribution in [0.3, 0.4) is 0 Å². The lowest BCUT2D eigenvalue weighted by atomic mass is 10.2. The molecule has 0 amide bonds. The fourth-order valence-corrected chi connectivity index (χ4v) is 5.05. The monoisotopic (exact) mass is 581 g/mol. The molecular formula is C26H28FN9O4S. The number of fused-ring (bicyclic) bond motifs is 1. The minimum absolute atomic E-state index is 0.0261. The molecule has 0 aliphatic heterocycles. The maximum Gasteiger partial charge on any atom is 0.308 e. The molecule has 5 rings (SSSR count). The minimum atomic E-state index is -3.91. The van der Waals surface area contributed by atoms with Crippen molar-refractivity contribution in [1.82, 2.24) is 38.0 Å². The molecule has 0 radical (unpaired) electrons. The van der Waals surface area contributed by atoms with Gasteiger partial charge in [-0.05, 0) is 19.1 Å². The molecule has 0 saturated carbocycles. The smallest absolute Gasteiger partial charge is 0.308 e. The highest BCUT2D eigenvalue weighted by molar-refractivity contribution is 7.87. The molecule has 41 heavy (non-hydrogen) atoms. The van der Waals surface area contributed by atoms with Crippen LogP contribution in [0.4, 0.5) is 15.9 Å². The molecule has 0 spiro atoms. The van der Waals surface area contributed by atoms with E-state index in [2.05, 4.69) is 20.1 Å². The van der Waals surface area contributed by atoms with Crippen LogP contribution in [0.15, 0.2) is 55.2 Å². The van der Waals surface area contributed by atoms with E-state index in [1.165, 1.54) is 57.7 Å². The summed E-state index contributed by atoms with van der Waals surface area (Å²) < 4.78 is 56.3. The molecule has 0 N–H and O–H groups in total. The van der Waals surface area contributed by atoms with Crippen molar-refractivity contribution in [3.05, 3.63) is 66.9 Å². The summed E-state index contributed by atoms with van der Waals surface area (Å²) in [5.41, 5.74) is 2.17. The third kappa shape index (κ3) is 5.28. The van der Waals surface area contributed by atoms with Crippen molar-refractivity contribution >= 4 is 32.9 Å². The van der Waals surface area contributed by atoms with E-state index in [4.69, 9.17) is 14.5 Å². The largest absolute Gasteiger partial charge is 0.497 e. The molecule has 0 saturated heterocycles. The van der Waals surface area contributed by atoms with Crippen molar-refractivity contribution in [3.8, 4) is 22.8 Å². The van der Waals surface area contributed by atoms with Crippen molar-refractivity contribution in [1.29, 1.82) is 0 Å². The van der Waals surface area contributed by atoms with Gasteiger partial charge in [-0.1, -0.05) is 0 Å². The Hall–Kier alpha value is -4.63. The Morgan fingerprint density at radius 2 is 1.85 bits per heavy atom. The number of hydrogen-bond acceptors (Lipinski definition) is 10. The van der Waals surface area contributed by atoms with Crippen LogP contribution in [0.1, 0.15) is 12.7 Å². The maximum atomic E-state index is 15.8. The van der Waals surface area contributed by atoms with Gasteiger partial charge in [-0.15, -0.1) is 0 Å². The van der Waals surface area contributed by atoms with E-state index in [9.17, 15) is 8.42 Å². The van der Waals surface area contributed by atoms with Gasteiger partial charge in [0.15, 0.2) is 17.2 Å². The summed E-state index contributed by atoms with van der Waals surface area (Å²) in [6.45, 7) is 2.50. The number of hydrogen-bond donors (Lipinski definition) is 0. The topological polar surface area (TPSA) is 133 Å². The van der Waals surface area contributed by atoms with Crippen molar-refractivity contribution in [3.63, 3.8) is 0 Å². The summed E-state index contributed by atoms with van der Waals surface area (Å²) in [5.74, 6) is -0.0592. The number of nitrogens with zero attached hydrogens (tertiary/aromatic N) is 9. The van der Waals surface area contributed by atoms with E-state index < -0.39 is 16.0 Å². The Bertz CT molecular complexity index is 1820. The van der Waals surface area contributed by atoms with Crippen LogP contribution in [0, 0.1) is 5.82 Å². The summed E-state index contributed by atoms with van der Waals surface area (Å²) in [5, 5.41) is 4.29. The van der Waals surface area contributed by atoms with E-state index >= 15 is 4.39 Å². The number of rotatable bonds is 10. The number of ether oxygens (including phenoxy) is 2. The SMILES string of the molecule is CCn1cc(-c2cnc3ccc(N(Cc4nccn4S(=O)(=O)N(C)C)c4cc(OC)cc(OC)c4F)nc3n2)cn1. The molecule has 4 heterocycles. The number of imidazole rings is 1. The zero-order chi connectivity index (χ0) is 29.3. The van der Waals surface area contributed by atoms with Gasteiger partial charge in [-0.3, -0.25) is 9.67 Å². The lowest BCUT2D eigenvalue weighted by molar-refractivity contribution is 0.374. The summed E-state index contributed by atoms with van der Waals surface area (Å²) in [6.07, 6.45) is 7.87. The van der Waals surface area contributed by atoms with Gasteiger partial charge in [0.25, 0.3) is 0 Å². The highest BCUT2D eigenvalue weighted by Gasteiger charge is 2.26. The molecule has 1 aromatic carbocycles. The highest BCUT2D eigenvalue weighted by Crippen LogP contribution is 2.37. The number of aryl methyl sites for hydroxylation is 1. The minimum Gasteiger partial charge on any atom is -0.497 e. The fraction of sp³-hybridized carbons (Fsp3) is 0.269. The Labute approximate surface area is 236 Å². The molecule has 5 aromatic rings. The first kappa shape index (κ1) is 27.9. The van der Waals surface area contributed by atoms with Gasteiger partial charge in [0, 0.05) is 56.9 Å². The molecule has 15 heteroatoms. The molecule has 0 fully saturated rings. The summed E-state index contributed by atoms with van der Waals surface area (Å²) in [4.78, 5) is 19.6. The highest BCUT2D eigenvalue weighted by atomic mass is 32.2. The predicted molar refractivity (Wildman–Crippen MR) is 150 cm³/mol. The molecular weight excluding hydrogens is 553 g/mol. The van der Waals surface area contributed by atoms with Crippen molar-refractivity contribution in [2.24, 2.45) is 0 Å². The molecule has 0 unspecified atom stereocenters. The lowest BCUT2D eigenvalue weighted by Gasteiger charge is -2.26. The van der Waals surface area contributed by atoms with Gasteiger partial charge in [0.05, 0.1) is 44.5 Å². The van der Waals surface area contributed by atoms with Crippen LogP contribution in [0.5, 0.6) is 11.5 Å². The van der Waals surface area contributed by atoms with E-state index in [1.54, 1.807) is 29.2 Å². The first-order chi connectivity index (χ1) is 19.7. The van der Waals surface area contributed by atoms with Gasteiger partial charge in [0.2, 0.25) is 0 Å². The average molecular weight is 582 g/mol. The molecule has 0 atom stereocenters. The fourth-order valence-electron chi connectivity index (χ4n) is 4.12. The number of pyridine rings is 1. The van der Waals surface area contributed by atoms with Gasteiger partial charge in [-0.2, -0.15) is 17.8 Å². The maximum absolute atomic E-state index is 15.8. The lowest BCUT2D eigenvalue weighted by Crippen LogP contribution is -2.31. The Morgan fingerprint density at radius 3 is 2.54 bits per heavy atom. The van der Waals surface area contributed by atoms with E-state index in [0.717, 1.165) is 13.8 Å². The number of methoxy groups -OCH3 is 2. The second kappa shape index (κ2) is 11.1. The van der Waals surface area contributed by atoms with Crippen LogP contribution in [-0.2, 0) is 23.3 Å². The van der Waals surface area contributed by atoms with Crippen molar-refractivity contribution < 1.29 is 22.3 Å². The zero-order valence-corrected chi connectivity index (χ0v) is 23.9. The molecule has 4 aromatic heterocycles. The van der Waals surface area contributed by atoms with Crippen LogP contribution >= 0.6 is 0 Å². The first-order valence-electron chi connectivity index (χ1n) is 12.5. The number of halogens is 1.